The normalized spacial score (nSPS) is 44.0. The molecule has 6 rings (SSSR count). The number of aryl methyl sites for hydroxylation is 1. The number of allylic oxidation sites excluding steroid dienone is 2. The number of carbonyl (C=O) groups excluding carboxylic acids is 2. The van der Waals surface area contributed by atoms with Crippen molar-refractivity contribution in [2.75, 3.05) is 0 Å². The van der Waals surface area contributed by atoms with Crippen LogP contribution in [-0.4, -0.2) is 28.9 Å². The van der Waals surface area contributed by atoms with Gasteiger partial charge in [-0.25, -0.2) is 9.36 Å². The molecular formula is C36H50NO5+. The summed E-state index contributed by atoms with van der Waals surface area (Å²) in [5.41, 5.74) is 0.592. The summed E-state index contributed by atoms with van der Waals surface area (Å²) in [7, 11) is 1.90. The predicted octanol–water partition coefficient (Wildman–Crippen LogP) is 6.71. The fourth-order valence-electron chi connectivity index (χ4n) is 11.2. The Labute approximate surface area is 251 Å². The number of ether oxygens (including phenoxy) is 1. The molecule has 0 amide bonds. The number of aromatic nitrogens is 1. The first-order chi connectivity index (χ1) is 19.5. The van der Waals surface area contributed by atoms with Gasteiger partial charge in [-0.1, -0.05) is 40.2 Å². The molecule has 1 aromatic heterocycles. The van der Waals surface area contributed by atoms with Gasteiger partial charge < -0.3 is 9.84 Å². The van der Waals surface area contributed by atoms with E-state index in [1.807, 2.05) is 36.9 Å². The molecule has 4 saturated carbocycles. The number of carboxylic acids is 1. The first kappa shape index (κ1) is 29.6. The fraction of sp³-hybridized carbons (Fsp3) is 0.722. The van der Waals surface area contributed by atoms with Crippen molar-refractivity contribution in [3.05, 3.63) is 41.7 Å². The molecule has 0 radical (unpaired) electrons. The number of carbonyl (C=O) groups is 3. The number of rotatable bonds is 3. The second-order valence-corrected chi connectivity index (χ2v) is 16.5. The molecule has 1 heterocycles. The highest BCUT2D eigenvalue weighted by Crippen LogP contribution is 2.71. The highest BCUT2D eigenvalue weighted by atomic mass is 16.5. The molecule has 4 fully saturated rings. The maximum Gasteiger partial charge on any atom is 0.344 e. The van der Waals surface area contributed by atoms with Crippen LogP contribution in [0.25, 0.3) is 0 Å². The van der Waals surface area contributed by atoms with E-state index in [9.17, 15) is 19.5 Å². The topological polar surface area (TPSA) is 84.5 Å². The molecule has 1 unspecified atom stereocenters. The van der Waals surface area contributed by atoms with Crippen LogP contribution >= 0.6 is 0 Å². The van der Waals surface area contributed by atoms with Gasteiger partial charge in [-0.15, -0.1) is 0 Å². The van der Waals surface area contributed by atoms with E-state index >= 15 is 0 Å². The average molecular weight is 577 g/mol. The molecule has 5 aliphatic rings. The smallest absolute Gasteiger partial charge is 0.344 e. The van der Waals surface area contributed by atoms with Gasteiger partial charge in [0.1, 0.15) is 18.7 Å². The molecule has 9 atom stereocenters. The number of fused-ring (bicyclic) bond motifs is 7. The Morgan fingerprint density at radius 1 is 0.929 bits per heavy atom. The number of pyridine rings is 1. The zero-order valence-electron chi connectivity index (χ0n) is 26.7. The van der Waals surface area contributed by atoms with E-state index in [1.165, 1.54) is 5.57 Å². The van der Waals surface area contributed by atoms with Crippen molar-refractivity contribution in [1.82, 2.24) is 0 Å². The maximum absolute atomic E-state index is 14.4. The van der Waals surface area contributed by atoms with Crippen LogP contribution in [0, 0.1) is 50.7 Å². The Morgan fingerprint density at radius 3 is 2.33 bits per heavy atom. The molecular weight excluding hydrogens is 526 g/mol. The van der Waals surface area contributed by atoms with Crippen molar-refractivity contribution >= 4 is 17.7 Å². The summed E-state index contributed by atoms with van der Waals surface area (Å²) in [5, 5.41) is 10.1. The van der Waals surface area contributed by atoms with Crippen LogP contribution in [0.3, 0.4) is 0 Å². The van der Waals surface area contributed by atoms with Crippen molar-refractivity contribution < 1.29 is 28.8 Å². The van der Waals surface area contributed by atoms with Crippen molar-refractivity contribution in [2.45, 2.75) is 105 Å². The van der Waals surface area contributed by atoms with Crippen molar-refractivity contribution in [3.63, 3.8) is 0 Å². The Kier molecular flexibility index (Phi) is 6.69. The molecule has 1 N–H and O–H groups in total. The van der Waals surface area contributed by atoms with Crippen LogP contribution in [0.5, 0.6) is 0 Å². The molecule has 6 heteroatoms. The van der Waals surface area contributed by atoms with E-state index in [-0.39, 0.29) is 57.3 Å². The van der Waals surface area contributed by atoms with Crippen LogP contribution in [0.15, 0.2) is 36.2 Å². The molecule has 42 heavy (non-hydrogen) atoms. The molecule has 5 aliphatic carbocycles. The lowest BCUT2D eigenvalue weighted by Crippen LogP contribution is -2.64. The number of ketones is 1. The summed E-state index contributed by atoms with van der Waals surface area (Å²) in [6, 6.07) is 3.67. The highest BCUT2D eigenvalue weighted by molar-refractivity contribution is 5.95. The quantitative estimate of drug-likeness (QED) is 0.319. The zero-order chi connectivity index (χ0) is 30.5. The van der Waals surface area contributed by atoms with Gasteiger partial charge in [0.15, 0.2) is 18.2 Å². The van der Waals surface area contributed by atoms with Crippen LogP contribution in [0.4, 0.5) is 0 Å². The van der Waals surface area contributed by atoms with Gasteiger partial charge in [0.2, 0.25) is 0 Å². The molecule has 0 spiro atoms. The van der Waals surface area contributed by atoms with Gasteiger partial charge in [-0.3, -0.25) is 9.59 Å². The molecule has 0 saturated heterocycles. The third-order valence-electron chi connectivity index (χ3n) is 13.6. The number of aliphatic carboxylic acids is 1. The van der Waals surface area contributed by atoms with Crippen LogP contribution in [0.1, 0.15) is 110 Å². The van der Waals surface area contributed by atoms with E-state index in [0.29, 0.717) is 24.3 Å². The lowest BCUT2D eigenvalue weighted by Gasteiger charge is -2.67. The Morgan fingerprint density at radius 2 is 1.64 bits per heavy atom. The van der Waals surface area contributed by atoms with Crippen molar-refractivity contribution in [2.24, 2.45) is 57.8 Å². The number of nitrogens with zero attached hydrogens (tertiary/aromatic N) is 1. The van der Waals surface area contributed by atoms with E-state index in [4.69, 9.17) is 4.74 Å². The van der Waals surface area contributed by atoms with Crippen LogP contribution in [0.2, 0.25) is 0 Å². The largest absolute Gasteiger partial charge is 0.481 e. The SMILES string of the molecule is C[n+]1cccc(C(=O)O[C@H]2CC[C@]3(C)[C@H]4C(=O)C=C5C(CC[C@@]6(C)CC[C@](C)(C(=O)O)C[C@@H]56)[C@]4(C)CC[C@H]3C2(C)C)c1. The van der Waals surface area contributed by atoms with Gasteiger partial charge >= 0.3 is 11.9 Å². The van der Waals surface area contributed by atoms with Gasteiger partial charge in [0, 0.05) is 17.4 Å². The second-order valence-electron chi connectivity index (χ2n) is 16.5. The van der Waals surface area contributed by atoms with E-state index < -0.39 is 11.4 Å². The molecule has 6 nitrogen and oxygen atoms in total. The Bertz CT molecular complexity index is 1360. The number of esters is 1. The second kappa shape index (κ2) is 9.50. The zero-order valence-corrected chi connectivity index (χ0v) is 26.7. The Hall–Kier alpha value is -2.50. The number of carboxylic acid groups (broad SMARTS) is 1. The fourth-order valence-corrected chi connectivity index (χ4v) is 11.2. The van der Waals surface area contributed by atoms with E-state index in [1.54, 1.807) is 12.3 Å². The molecule has 0 aromatic carbocycles. The van der Waals surface area contributed by atoms with Crippen LogP contribution < -0.4 is 4.57 Å². The first-order valence-electron chi connectivity index (χ1n) is 16.2. The monoisotopic (exact) mass is 576 g/mol. The summed E-state index contributed by atoms with van der Waals surface area (Å²) in [6.45, 7) is 13.5. The minimum Gasteiger partial charge on any atom is -0.481 e. The summed E-state index contributed by atoms with van der Waals surface area (Å²) in [5.74, 6) is -0.0480. The molecule has 228 valence electrons. The lowest BCUT2D eigenvalue weighted by atomic mass is 9.37. The van der Waals surface area contributed by atoms with E-state index in [0.717, 1.165) is 44.9 Å². The third kappa shape index (κ3) is 4.17. The summed E-state index contributed by atoms with van der Waals surface area (Å²) >= 11 is 0. The molecule has 0 bridgehead atoms. The Balaban J connectivity index is 1.31. The third-order valence-corrected chi connectivity index (χ3v) is 13.6. The van der Waals surface area contributed by atoms with Crippen LogP contribution in [-0.2, 0) is 21.4 Å². The standard InChI is InChI=1S/C36H49NO5/c1-32(2)27-11-14-35(5)24-10-13-33(3)16-17-34(4,31(40)41)20-25(33)23(24)19-26(38)29(35)36(27,6)15-12-28(32)42-30(39)22-9-8-18-37(7)21-22/h8-9,18-19,21,24-25,27-29H,10-17,20H2,1-7H3/p+1/t24?,25-,27-,28-,29-,33-,34-,35-,36-/m0/s1. The lowest BCUT2D eigenvalue weighted by molar-refractivity contribution is -0.671. The van der Waals surface area contributed by atoms with Gasteiger partial charge in [-0.2, -0.15) is 0 Å². The van der Waals surface area contributed by atoms with Gasteiger partial charge in [0.25, 0.3) is 0 Å². The predicted molar refractivity (Wildman–Crippen MR) is 159 cm³/mol. The van der Waals surface area contributed by atoms with Gasteiger partial charge in [-0.05, 0) is 111 Å². The van der Waals surface area contributed by atoms with Crippen molar-refractivity contribution in [3.8, 4) is 0 Å². The summed E-state index contributed by atoms with van der Waals surface area (Å²) < 4.78 is 8.09. The van der Waals surface area contributed by atoms with E-state index in [2.05, 4.69) is 34.6 Å². The first-order valence-corrected chi connectivity index (χ1v) is 16.2. The number of hydrogen-bond acceptors (Lipinski definition) is 4. The number of hydrogen-bond donors (Lipinski definition) is 1. The summed E-state index contributed by atoms with van der Waals surface area (Å²) in [4.78, 5) is 39.9. The average Bonchev–Trinajstić information content (AvgIpc) is 2.90. The maximum atomic E-state index is 14.4. The molecule has 0 aliphatic heterocycles. The highest BCUT2D eigenvalue weighted by Gasteiger charge is 2.67. The minimum atomic E-state index is -0.728. The van der Waals surface area contributed by atoms with Gasteiger partial charge in [0.05, 0.1) is 5.41 Å². The molecule has 1 aromatic rings. The minimum absolute atomic E-state index is 0.0691. The summed E-state index contributed by atoms with van der Waals surface area (Å²) in [6.07, 6.45) is 13.6. The van der Waals surface area contributed by atoms with Crippen molar-refractivity contribution in [1.29, 1.82) is 0 Å².